The molecule has 2 heterocycles. The van der Waals surface area contributed by atoms with Gasteiger partial charge in [-0.1, -0.05) is 6.08 Å². The molecule has 0 spiro atoms. The molecule has 0 aromatic carbocycles. The highest BCUT2D eigenvalue weighted by atomic mass is 16.1. The van der Waals surface area contributed by atoms with Gasteiger partial charge in [0.2, 0.25) is 5.91 Å². The molecular weight excluding hydrogens is 164 g/mol. The monoisotopic (exact) mass is 176 g/mol. The Morgan fingerprint density at radius 2 is 2.15 bits per heavy atom. The molecule has 0 unspecified atom stereocenters. The fraction of sp³-hybridized carbons (Fsp3) is 0.300. The number of amides is 1. The zero-order valence-electron chi connectivity index (χ0n) is 7.34. The predicted octanol–water partition coefficient (Wildman–Crippen LogP) is 1.17. The summed E-state index contributed by atoms with van der Waals surface area (Å²) < 4.78 is 0. The van der Waals surface area contributed by atoms with Crippen LogP contribution < -0.4 is 10.6 Å². The van der Waals surface area contributed by atoms with Crippen molar-refractivity contribution in [2.45, 2.75) is 19.3 Å². The summed E-state index contributed by atoms with van der Waals surface area (Å²) in [5.41, 5.74) is 2.28. The highest BCUT2D eigenvalue weighted by Crippen LogP contribution is 2.19. The number of allylic oxidation sites excluding steroid dienone is 3. The van der Waals surface area contributed by atoms with E-state index in [4.69, 9.17) is 0 Å². The highest BCUT2D eigenvalue weighted by molar-refractivity contribution is 5.80. The lowest BCUT2D eigenvalue weighted by molar-refractivity contribution is -0.120. The zero-order valence-corrected chi connectivity index (χ0v) is 7.34. The third-order valence-corrected chi connectivity index (χ3v) is 2.22. The highest BCUT2D eigenvalue weighted by Gasteiger charge is 2.15. The molecule has 0 fully saturated rings. The van der Waals surface area contributed by atoms with Gasteiger partial charge in [-0.05, 0) is 24.3 Å². The van der Waals surface area contributed by atoms with E-state index in [1.54, 1.807) is 0 Å². The Hall–Kier alpha value is -1.51. The summed E-state index contributed by atoms with van der Waals surface area (Å²) in [7, 11) is 0. The van der Waals surface area contributed by atoms with Gasteiger partial charge >= 0.3 is 0 Å². The van der Waals surface area contributed by atoms with Crippen LogP contribution in [0.2, 0.25) is 0 Å². The van der Waals surface area contributed by atoms with Gasteiger partial charge < -0.3 is 10.6 Å². The smallest absolute Gasteiger partial charge is 0.224 e. The SMILES string of the molecule is O=C1CCC2=C(CC=CNC=C2)N1. The third-order valence-electron chi connectivity index (χ3n) is 2.22. The van der Waals surface area contributed by atoms with Gasteiger partial charge in [0.25, 0.3) is 0 Å². The van der Waals surface area contributed by atoms with Gasteiger partial charge in [-0.3, -0.25) is 4.79 Å². The lowest BCUT2D eigenvalue weighted by atomic mass is 10.0. The number of rotatable bonds is 0. The molecule has 0 aromatic rings. The Balaban J connectivity index is 2.27. The number of hydrogen-bond donors (Lipinski definition) is 2. The summed E-state index contributed by atoms with van der Waals surface area (Å²) in [6.45, 7) is 0. The molecule has 3 nitrogen and oxygen atoms in total. The zero-order chi connectivity index (χ0) is 9.10. The van der Waals surface area contributed by atoms with Crippen LogP contribution in [-0.4, -0.2) is 5.91 Å². The van der Waals surface area contributed by atoms with Crippen LogP contribution in [0.5, 0.6) is 0 Å². The average molecular weight is 176 g/mol. The number of nitrogens with one attached hydrogen (secondary N) is 2. The average Bonchev–Trinajstić information content (AvgIpc) is 2.08. The maximum Gasteiger partial charge on any atom is 0.224 e. The first-order chi connectivity index (χ1) is 6.36. The minimum absolute atomic E-state index is 0.133. The van der Waals surface area contributed by atoms with Gasteiger partial charge in [0.05, 0.1) is 0 Å². The van der Waals surface area contributed by atoms with Crippen molar-refractivity contribution in [3.8, 4) is 0 Å². The van der Waals surface area contributed by atoms with E-state index in [0.717, 1.165) is 18.5 Å². The van der Waals surface area contributed by atoms with Crippen molar-refractivity contribution >= 4 is 5.91 Å². The normalized spacial score (nSPS) is 21.4. The topological polar surface area (TPSA) is 41.1 Å². The summed E-state index contributed by atoms with van der Waals surface area (Å²) in [4.78, 5) is 11.1. The number of carbonyl (C=O) groups is 1. The Labute approximate surface area is 77.2 Å². The second-order valence-corrected chi connectivity index (χ2v) is 3.16. The van der Waals surface area contributed by atoms with E-state index >= 15 is 0 Å². The Morgan fingerprint density at radius 3 is 3.08 bits per heavy atom. The number of hydrogen-bond acceptors (Lipinski definition) is 2. The maximum atomic E-state index is 11.1. The Kier molecular flexibility index (Phi) is 2.17. The van der Waals surface area contributed by atoms with Crippen molar-refractivity contribution < 1.29 is 4.79 Å². The van der Waals surface area contributed by atoms with Crippen LogP contribution in [0.4, 0.5) is 0 Å². The van der Waals surface area contributed by atoms with Crippen molar-refractivity contribution in [3.05, 3.63) is 35.8 Å². The van der Waals surface area contributed by atoms with E-state index < -0.39 is 0 Å². The second kappa shape index (κ2) is 3.47. The van der Waals surface area contributed by atoms with Crippen LogP contribution in [0.1, 0.15) is 19.3 Å². The van der Waals surface area contributed by atoms with Crippen LogP contribution in [0.25, 0.3) is 0 Å². The van der Waals surface area contributed by atoms with Gasteiger partial charge in [-0.15, -0.1) is 0 Å². The van der Waals surface area contributed by atoms with Crippen molar-refractivity contribution in [2.75, 3.05) is 0 Å². The molecule has 3 heteroatoms. The second-order valence-electron chi connectivity index (χ2n) is 3.16. The van der Waals surface area contributed by atoms with Gasteiger partial charge in [-0.25, -0.2) is 0 Å². The fourth-order valence-electron chi connectivity index (χ4n) is 1.53. The molecule has 13 heavy (non-hydrogen) atoms. The van der Waals surface area contributed by atoms with Crippen molar-refractivity contribution in [1.29, 1.82) is 0 Å². The Bertz CT molecular complexity index is 313. The number of carbonyl (C=O) groups excluding carboxylic acids is 1. The molecule has 0 saturated carbocycles. The summed E-state index contributed by atoms with van der Waals surface area (Å²) in [6.07, 6.45) is 10.1. The molecule has 0 aromatic heterocycles. The van der Waals surface area contributed by atoms with Crippen molar-refractivity contribution in [3.63, 3.8) is 0 Å². The summed E-state index contributed by atoms with van der Waals surface area (Å²) >= 11 is 0. The molecule has 0 radical (unpaired) electrons. The van der Waals surface area contributed by atoms with Crippen molar-refractivity contribution in [1.82, 2.24) is 10.6 Å². The van der Waals surface area contributed by atoms with Gasteiger partial charge in [0.1, 0.15) is 0 Å². The van der Waals surface area contributed by atoms with Crippen LogP contribution >= 0.6 is 0 Å². The van der Waals surface area contributed by atoms with Crippen LogP contribution in [0.3, 0.4) is 0 Å². The molecule has 1 amide bonds. The lowest BCUT2D eigenvalue weighted by Gasteiger charge is -2.19. The molecule has 2 aliphatic rings. The first-order valence-corrected chi connectivity index (χ1v) is 4.46. The fourth-order valence-corrected chi connectivity index (χ4v) is 1.53. The lowest BCUT2D eigenvalue weighted by Crippen LogP contribution is -2.27. The molecule has 0 bridgehead atoms. The predicted molar refractivity (Wildman–Crippen MR) is 50.4 cm³/mol. The van der Waals surface area contributed by atoms with E-state index in [0.29, 0.717) is 6.42 Å². The molecule has 0 saturated heterocycles. The largest absolute Gasteiger partial charge is 0.368 e. The molecule has 68 valence electrons. The quantitative estimate of drug-likeness (QED) is 0.581. The maximum absolute atomic E-state index is 11.1. The molecule has 0 aliphatic carbocycles. The minimum Gasteiger partial charge on any atom is -0.368 e. The van der Waals surface area contributed by atoms with Crippen molar-refractivity contribution in [2.24, 2.45) is 0 Å². The van der Waals surface area contributed by atoms with Crippen LogP contribution in [0, 0.1) is 0 Å². The molecule has 2 rings (SSSR count). The standard InChI is InChI=1S/C10H12N2O/c13-10-4-3-8-5-7-11-6-1-2-9(8)12-10/h1,5-7,11H,2-4H2,(H,12,13). The minimum atomic E-state index is 0.133. The van der Waals surface area contributed by atoms with Crippen LogP contribution in [-0.2, 0) is 4.79 Å². The Morgan fingerprint density at radius 1 is 1.23 bits per heavy atom. The summed E-state index contributed by atoms with van der Waals surface area (Å²) in [5, 5.41) is 5.92. The molecular formula is C10H12N2O. The van der Waals surface area contributed by atoms with Gasteiger partial charge in [0, 0.05) is 24.7 Å². The summed E-state index contributed by atoms with van der Waals surface area (Å²) in [5.74, 6) is 0.133. The third kappa shape index (κ3) is 1.80. The first-order valence-electron chi connectivity index (χ1n) is 4.46. The van der Waals surface area contributed by atoms with E-state index in [1.165, 1.54) is 5.57 Å². The van der Waals surface area contributed by atoms with Gasteiger partial charge in [-0.2, -0.15) is 0 Å². The molecule has 0 atom stereocenters. The van der Waals surface area contributed by atoms with E-state index in [1.807, 2.05) is 24.6 Å². The molecule has 2 N–H and O–H groups in total. The molecule has 2 aliphatic heterocycles. The van der Waals surface area contributed by atoms with E-state index in [-0.39, 0.29) is 5.91 Å². The summed E-state index contributed by atoms with van der Waals surface area (Å²) in [6, 6.07) is 0. The van der Waals surface area contributed by atoms with E-state index in [9.17, 15) is 4.79 Å². The van der Waals surface area contributed by atoms with E-state index in [2.05, 4.69) is 10.6 Å². The van der Waals surface area contributed by atoms with Crippen LogP contribution in [0.15, 0.2) is 35.8 Å². The van der Waals surface area contributed by atoms with Gasteiger partial charge in [0.15, 0.2) is 0 Å². The first kappa shape index (κ1) is 8.10.